The normalized spacial score (nSPS) is 14.5. The molecule has 1 rings (SSSR count). The fraction of sp³-hybridized carbons (Fsp3) is 0.571. The minimum Gasteiger partial charge on any atom is -0.345 e. The van der Waals surface area contributed by atoms with E-state index in [1.165, 1.54) is 13.2 Å². The molecular formula is C7H10F3N3. The van der Waals surface area contributed by atoms with E-state index in [4.69, 9.17) is 0 Å². The molecule has 1 aromatic heterocycles. The third kappa shape index (κ3) is 2.21. The minimum absolute atomic E-state index is 0.0347. The Balaban J connectivity index is 2.91. The number of nitrogens with zero attached hydrogens (tertiary/aromatic N) is 1. The molecule has 0 aliphatic heterocycles. The SMILES string of the molecule is CNC(c1cnc(C)[nH]1)C(F)(F)F. The molecule has 1 atom stereocenters. The zero-order valence-corrected chi connectivity index (χ0v) is 7.24. The summed E-state index contributed by atoms with van der Waals surface area (Å²) in [7, 11) is 1.26. The molecule has 0 bridgehead atoms. The maximum atomic E-state index is 12.3. The predicted molar refractivity (Wildman–Crippen MR) is 41.2 cm³/mol. The highest BCUT2D eigenvalue weighted by Gasteiger charge is 2.40. The van der Waals surface area contributed by atoms with Crippen LogP contribution >= 0.6 is 0 Å². The molecule has 6 heteroatoms. The molecule has 1 heterocycles. The zero-order valence-electron chi connectivity index (χ0n) is 7.24. The van der Waals surface area contributed by atoms with E-state index >= 15 is 0 Å². The Hall–Kier alpha value is -1.04. The molecule has 13 heavy (non-hydrogen) atoms. The van der Waals surface area contributed by atoms with Gasteiger partial charge in [-0.3, -0.25) is 0 Å². The number of H-pyrrole nitrogens is 1. The minimum atomic E-state index is -4.30. The Morgan fingerprint density at radius 1 is 1.54 bits per heavy atom. The second kappa shape index (κ2) is 3.37. The van der Waals surface area contributed by atoms with E-state index in [2.05, 4.69) is 15.3 Å². The van der Waals surface area contributed by atoms with Crippen molar-refractivity contribution in [2.45, 2.75) is 19.1 Å². The number of imidazole rings is 1. The van der Waals surface area contributed by atoms with Gasteiger partial charge in [-0.05, 0) is 14.0 Å². The number of aromatic amines is 1. The van der Waals surface area contributed by atoms with Crippen molar-refractivity contribution < 1.29 is 13.2 Å². The lowest BCUT2D eigenvalue weighted by atomic mass is 10.2. The molecule has 0 saturated carbocycles. The largest absolute Gasteiger partial charge is 0.409 e. The maximum absolute atomic E-state index is 12.3. The smallest absolute Gasteiger partial charge is 0.345 e. The lowest BCUT2D eigenvalue weighted by Crippen LogP contribution is -2.31. The van der Waals surface area contributed by atoms with Crippen LogP contribution in [0.5, 0.6) is 0 Å². The Morgan fingerprint density at radius 2 is 2.15 bits per heavy atom. The highest BCUT2D eigenvalue weighted by Crippen LogP contribution is 2.30. The van der Waals surface area contributed by atoms with E-state index in [9.17, 15) is 13.2 Å². The van der Waals surface area contributed by atoms with Crippen molar-refractivity contribution in [3.63, 3.8) is 0 Å². The standard InChI is InChI=1S/C7H10F3N3/c1-4-12-3-5(13-4)6(11-2)7(8,9)10/h3,6,11H,1-2H3,(H,12,13). The van der Waals surface area contributed by atoms with Gasteiger partial charge in [-0.2, -0.15) is 13.2 Å². The van der Waals surface area contributed by atoms with Crippen LogP contribution in [0, 0.1) is 6.92 Å². The fourth-order valence-corrected chi connectivity index (χ4v) is 1.08. The first kappa shape index (κ1) is 10.0. The molecule has 1 aromatic rings. The quantitative estimate of drug-likeness (QED) is 0.748. The first-order chi connectivity index (χ1) is 5.95. The summed E-state index contributed by atoms with van der Waals surface area (Å²) in [5.74, 6) is 0.472. The molecule has 0 spiro atoms. The van der Waals surface area contributed by atoms with Gasteiger partial charge >= 0.3 is 6.18 Å². The Kier molecular flexibility index (Phi) is 2.60. The first-order valence-corrected chi connectivity index (χ1v) is 3.70. The second-order valence-corrected chi connectivity index (χ2v) is 2.69. The summed E-state index contributed by atoms with van der Waals surface area (Å²) in [4.78, 5) is 6.24. The number of hydrogen-bond acceptors (Lipinski definition) is 2. The molecule has 1 unspecified atom stereocenters. The van der Waals surface area contributed by atoms with Crippen LogP contribution in [0.4, 0.5) is 13.2 Å². The Bertz CT molecular complexity index is 279. The van der Waals surface area contributed by atoms with Crippen LogP contribution in [-0.2, 0) is 0 Å². The van der Waals surface area contributed by atoms with Crippen LogP contribution in [-0.4, -0.2) is 23.2 Å². The highest BCUT2D eigenvalue weighted by atomic mass is 19.4. The third-order valence-corrected chi connectivity index (χ3v) is 1.65. The van der Waals surface area contributed by atoms with Crippen molar-refractivity contribution >= 4 is 0 Å². The summed E-state index contributed by atoms with van der Waals surface area (Å²) in [6.45, 7) is 1.60. The number of halogens is 3. The number of alkyl halides is 3. The highest BCUT2D eigenvalue weighted by molar-refractivity contribution is 5.08. The van der Waals surface area contributed by atoms with Gasteiger partial charge in [-0.1, -0.05) is 0 Å². The van der Waals surface area contributed by atoms with Crippen LogP contribution in [0.3, 0.4) is 0 Å². The van der Waals surface area contributed by atoms with Gasteiger partial charge in [0.05, 0.1) is 11.9 Å². The van der Waals surface area contributed by atoms with Crippen LogP contribution < -0.4 is 5.32 Å². The van der Waals surface area contributed by atoms with Gasteiger partial charge in [0, 0.05) is 0 Å². The maximum Gasteiger partial charge on any atom is 0.409 e. The van der Waals surface area contributed by atoms with Gasteiger partial charge in [-0.25, -0.2) is 4.98 Å². The molecule has 0 aromatic carbocycles. The van der Waals surface area contributed by atoms with Gasteiger partial charge in [0.15, 0.2) is 0 Å². The zero-order chi connectivity index (χ0) is 10.1. The Labute approximate surface area is 73.4 Å². The lowest BCUT2D eigenvalue weighted by Gasteiger charge is -2.17. The van der Waals surface area contributed by atoms with Gasteiger partial charge in [0.25, 0.3) is 0 Å². The number of hydrogen-bond donors (Lipinski definition) is 2. The summed E-state index contributed by atoms with van der Waals surface area (Å²) in [6, 6.07) is -1.67. The molecule has 2 N–H and O–H groups in total. The van der Waals surface area contributed by atoms with Crippen molar-refractivity contribution in [2.75, 3.05) is 7.05 Å². The monoisotopic (exact) mass is 193 g/mol. The lowest BCUT2D eigenvalue weighted by molar-refractivity contribution is -0.157. The molecule has 3 nitrogen and oxygen atoms in total. The van der Waals surface area contributed by atoms with Crippen LogP contribution in [0.15, 0.2) is 6.20 Å². The van der Waals surface area contributed by atoms with E-state index in [1.807, 2.05) is 0 Å². The molecule has 0 aliphatic rings. The fourth-order valence-electron chi connectivity index (χ4n) is 1.08. The number of aryl methyl sites for hydroxylation is 1. The van der Waals surface area contributed by atoms with E-state index < -0.39 is 12.2 Å². The van der Waals surface area contributed by atoms with E-state index in [-0.39, 0.29) is 5.69 Å². The summed E-state index contributed by atoms with van der Waals surface area (Å²) >= 11 is 0. The third-order valence-electron chi connectivity index (χ3n) is 1.65. The van der Waals surface area contributed by atoms with E-state index in [0.29, 0.717) is 5.82 Å². The average Bonchev–Trinajstić information content (AvgIpc) is 2.34. The molecule has 74 valence electrons. The molecule has 0 radical (unpaired) electrons. The van der Waals surface area contributed by atoms with Gasteiger partial charge in [0.2, 0.25) is 0 Å². The summed E-state index contributed by atoms with van der Waals surface area (Å²) in [6.07, 6.45) is -3.11. The summed E-state index contributed by atoms with van der Waals surface area (Å²) < 4.78 is 36.9. The Morgan fingerprint density at radius 3 is 2.46 bits per heavy atom. The molecular weight excluding hydrogens is 183 g/mol. The topological polar surface area (TPSA) is 40.7 Å². The number of nitrogens with one attached hydrogen (secondary N) is 2. The number of aromatic nitrogens is 2. The first-order valence-electron chi connectivity index (χ1n) is 3.70. The van der Waals surface area contributed by atoms with Gasteiger partial charge in [0.1, 0.15) is 11.9 Å². The molecule has 0 saturated heterocycles. The summed E-state index contributed by atoms with van der Waals surface area (Å²) in [5, 5.41) is 2.18. The van der Waals surface area contributed by atoms with E-state index in [1.54, 1.807) is 6.92 Å². The molecule has 0 aliphatic carbocycles. The van der Waals surface area contributed by atoms with Gasteiger partial charge < -0.3 is 10.3 Å². The van der Waals surface area contributed by atoms with E-state index in [0.717, 1.165) is 0 Å². The second-order valence-electron chi connectivity index (χ2n) is 2.69. The molecule has 0 amide bonds. The predicted octanol–water partition coefficient (Wildman–Crippen LogP) is 1.54. The van der Waals surface area contributed by atoms with Crippen LogP contribution in [0.1, 0.15) is 17.6 Å². The van der Waals surface area contributed by atoms with Crippen molar-refractivity contribution in [1.82, 2.24) is 15.3 Å². The molecule has 0 fully saturated rings. The van der Waals surface area contributed by atoms with Crippen molar-refractivity contribution in [2.24, 2.45) is 0 Å². The number of rotatable bonds is 2. The van der Waals surface area contributed by atoms with Crippen molar-refractivity contribution in [1.29, 1.82) is 0 Å². The average molecular weight is 193 g/mol. The van der Waals surface area contributed by atoms with Gasteiger partial charge in [-0.15, -0.1) is 0 Å². The summed E-state index contributed by atoms with van der Waals surface area (Å²) in [5.41, 5.74) is 0.0347. The van der Waals surface area contributed by atoms with Crippen LogP contribution in [0.25, 0.3) is 0 Å². The van der Waals surface area contributed by atoms with Crippen molar-refractivity contribution in [3.05, 3.63) is 17.7 Å². The van der Waals surface area contributed by atoms with Crippen molar-refractivity contribution in [3.8, 4) is 0 Å². The van der Waals surface area contributed by atoms with Crippen LogP contribution in [0.2, 0.25) is 0 Å².